The number of pyridine rings is 1. The first-order valence-electron chi connectivity index (χ1n) is 5.17. The van der Waals surface area contributed by atoms with Gasteiger partial charge in [-0.1, -0.05) is 6.92 Å². The van der Waals surface area contributed by atoms with Crippen molar-refractivity contribution in [2.75, 3.05) is 23.7 Å². The molecule has 78 valence electrons. The van der Waals surface area contributed by atoms with Crippen molar-refractivity contribution >= 4 is 11.5 Å². The molecule has 0 aliphatic heterocycles. The predicted octanol–water partition coefficient (Wildman–Crippen LogP) is 2.21. The highest BCUT2D eigenvalue weighted by Gasteiger charge is 2.05. The van der Waals surface area contributed by atoms with Gasteiger partial charge in [0.05, 0.1) is 11.4 Å². The molecule has 0 aliphatic rings. The van der Waals surface area contributed by atoms with Crippen molar-refractivity contribution in [1.29, 1.82) is 0 Å². The van der Waals surface area contributed by atoms with Crippen molar-refractivity contribution in [2.24, 2.45) is 0 Å². The smallest absolute Gasteiger partial charge is 0.128 e. The first kappa shape index (κ1) is 10.8. The summed E-state index contributed by atoms with van der Waals surface area (Å²) in [6.45, 7) is 8.30. The average molecular weight is 193 g/mol. The average Bonchev–Trinajstić information content (AvgIpc) is 2.19. The fraction of sp³-hybridized carbons (Fsp3) is 0.545. The quantitative estimate of drug-likeness (QED) is 0.797. The lowest BCUT2D eigenvalue weighted by molar-refractivity contribution is 0.777. The van der Waals surface area contributed by atoms with Gasteiger partial charge in [-0.15, -0.1) is 0 Å². The van der Waals surface area contributed by atoms with E-state index in [0.29, 0.717) is 0 Å². The van der Waals surface area contributed by atoms with Crippen molar-refractivity contribution in [3.05, 3.63) is 17.8 Å². The van der Waals surface area contributed by atoms with Crippen LogP contribution in [0.25, 0.3) is 0 Å². The van der Waals surface area contributed by atoms with Gasteiger partial charge in [0, 0.05) is 13.1 Å². The van der Waals surface area contributed by atoms with Gasteiger partial charge in [-0.25, -0.2) is 4.98 Å². The van der Waals surface area contributed by atoms with Crippen molar-refractivity contribution in [3.8, 4) is 0 Å². The van der Waals surface area contributed by atoms with Crippen LogP contribution < -0.4 is 10.6 Å². The Morgan fingerprint density at radius 1 is 1.36 bits per heavy atom. The van der Waals surface area contributed by atoms with Crippen LogP contribution in [0, 0.1) is 6.92 Å². The lowest BCUT2D eigenvalue weighted by atomic mass is 10.3. The van der Waals surface area contributed by atoms with Crippen LogP contribution in [0.15, 0.2) is 12.1 Å². The third kappa shape index (κ3) is 2.37. The number of rotatable bonds is 4. The molecule has 0 aliphatic carbocycles. The van der Waals surface area contributed by atoms with Gasteiger partial charge in [-0.2, -0.15) is 0 Å². The van der Waals surface area contributed by atoms with Crippen molar-refractivity contribution < 1.29 is 0 Å². The van der Waals surface area contributed by atoms with E-state index in [1.807, 2.05) is 19.1 Å². The number of aromatic nitrogens is 1. The third-order valence-corrected chi connectivity index (χ3v) is 2.31. The van der Waals surface area contributed by atoms with Gasteiger partial charge in [0.15, 0.2) is 0 Å². The molecule has 0 radical (unpaired) electrons. The first-order chi connectivity index (χ1) is 6.69. The van der Waals surface area contributed by atoms with Gasteiger partial charge in [-0.05, 0) is 32.4 Å². The van der Waals surface area contributed by atoms with Crippen LogP contribution in [0.2, 0.25) is 0 Å². The lowest BCUT2D eigenvalue weighted by Crippen LogP contribution is -2.24. The molecular weight excluding hydrogens is 174 g/mol. The highest BCUT2D eigenvalue weighted by molar-refractivity contribution is 5.50. The molecule has 0 atom stereocenters. The Hall–Kier alpha value is -1.25. The zero-order chi connectivity index (χ0) is 10.6. The number of nitrogens with zero attached hydrogens (tertiary/aromatic N) is 2. The van der Waals surface area contributed by atoms with Crippen LogP contribution in [-0.2, 0) is 0 Å². The van der Waals surface area contributed by atoms with Crippen LogP contribution in [0.1, 0.15) is 26.0 Å². The number of nitrogens with two attached hydrogens (primary N) is 1. The maximum absolute atomic E-state index is 5.72. The number of hydrogen-bond acceptors (Lipinski definition) is 3. The van der Waals surface area contributed by atoms with E-state index in [0.717, 1.165) is 36.7 Å². The minimum absolute atomic E-state index is 0.765. The van der Waals surface area contributed by atoms with Crippen LogP contribution in [0.4, 0.5) is 11.5 Å². The first-order valence-corrected chi connectivity index (χ1v) is 5.17. The number of aryl methyl sites for hydroxylation is 1. The maximum atomic E-state index is 5.72. The van der Waals surface area contributed by atoms with E-state index in [4.69, 9.17) is 5.73 Å². The summed E-state index contributed by atoms with van der Waals surface area (Å²) in [6, 6.07) is 3.91. The Morgan fingerprint density at radius 3 is 2.57 bits per heavy atom. The third-order valence-electron chi connectivity index (χ3n) is 2.31. The highest BCUT2D eigenvalue weighted by Crippen LogP contribution is 2.15. The summed E-state index contributed by atoms with van der Waals surface area (Å²) >= 11 is 0. The van der Waals surface area contributed by atoms with E-state index in [1.54, 1.807) is 0 Å². The van der Waals surface area contributed by atoms with Gasteiger partial charge in [0.1, 0.15) is 5.82 Å². The van der Waals surface area contributed by atoms with Gasteiger partial charge in [0.25, 0.3) is 0 Å². The van der Waals surface area contributed by atoms with Crippen LogP contribution in [0.3, 0.4) is 0 Å². The Labute approximate surface area is 85.9 Å². The van der Waals surface area contributed by atoms with E-state index >= 15 is 0 Å². The fourth-order valence-corrected chi connectivity index (χ4v) is 1.44. The Balaban J connectivity index is 2.88. The monoisotopic (exact) mass is 193 g/mol. The van der Waals surface area contributed by atoms with Crippen LogP contribution in [0.5, 0.6) is 0 Å². The Kier molecular flexibility index (Phi) is 3.74. The van der Waals surface area contributed by atoms with E-state index < -0.39 is 0 Å². The largest absolute Gasteiger partial charge is 0.397 e. The molecule has 0 saturated heterocycles. The Bertz CT molecular complexity index is 297. The highest BCUT2D eigenvalue weighted by atomic mass is 15.2. The van der Waals surface area contributed by atoms with Crippen LogP contribution in [-0.4, -0.2) is 18.1 Å². The maximum Gasteiger partial charge on any atom is 0.128 e. The summed E-state index contributed by atoms with van der Waals surface area (Å²) in [5, 5.41) is 0. The summed E-state index contributed by atoms with van der Waals surface area (Å²) in [6.07, 6.45) is 1.14. The molecule has 0 aromatic carbocycles. The van der Waals surface area contributed by atoms with Crippen molar-refractivity contribution in [1.82, 2.24) is 4.98 Å². The van der Waals surface area contributed by atoms with E-state index in [2.05, 4.69) is 23.7 Å². The molecule has 0 bridgehead atoms. The number of anilines is 2. The molecule has 0 saturated carbocycles. The minimum Gasteiger partial charge on any atom is -0.397 e. The lowest BCUT2D eigenvalue weighted by Gasteiger charge is -2.21. The molecular formula is C11H19N3. The molecule has 2 N–H and O–H groups in total. The van der Waals surface area contributed by atoms with Gasteiger partial charge in [-0.3, -0.25) is 0 Å². The molecule has 0 unspecified atom stereocenters. The molecule has 1 heterocycles. The standard InChI is InChI=1S/C11H19N3/c1-4-8-14(5-2)11-7-6-10(12)9(3)13-11/h6-7H,4-5,8,12H2,1-3H3. The second kappa shape index (κ2) is 4.84. The molecule has 0 spiro atoms. The van der Waals surface area contributed by atoms with E-state index in [9.17, 15) is 0 Å². The molecule has 1 rings (SSSR count). The van der Waals surface area contributed by atoms with E-state index in [1.165, 1.54) is 0 Å². The summed E-state index contributed by atoms with van der Waals surface area (Å²) in [4.78, 5) is 6.72. The number of hydrogen-bond donors (Lipinski definition) is 1. The van der Waals surface area contributed by atoms with Crippen molar-refractivity contribution in [3.63, 3.8) is 0 Å². The zero-order valence-electron chi connectivity index (χ0n) is 9.25. The van der Waals surface area contributed by atoms with Crippen molar-refractivity contribution in [2.45, 2.75) is 27.2 Å². The molecule has 3 nitrogen and oxygen atoms in total. The second-order valence-electron chi connectivity index (χ2n) is 3.42. The topological polar surface area (TPSA) is 42.1 Å². The normalized spacial score (nSPS) is 10.2. The molecule has 14 heavy (non-hydrogen) atoms. The minimum atomic E-state index is 0.765. The van der Waals surface area contributed by atoms with Gasteiger partial charge in [0.2, 0.25) is 0 Å². The summed E-state index contributed by atoms with van der Waals surface area (Å²) < 4.78 is 0. The van der Waals surface area contributed by atoms with E-state index in [-0.39, 0.29) is 0 Å². The zero-order valence-corrected chi connectivity index (χ0v) is 9.25. The summed E-state index contributed by atoms with van der Waals surface area (Å²) in [5.41, 5.74) is 7.40. The number of nitrogen functional groups attached to an aromatic ring is 1. The van der Waals surface area contributed by atoms with Gasteiger partial charge < -0.3 is 10.6 Å². The van der Waals surface area contributed by atoms with Crippen LogP contribution >= 0.6 is 0 Å². The van der Waals surface area contributed by atoms with Gasteiger partial charge >= 0.3 is 0 Å². The SMILES string of the molecule is CCCN(CC)c1ccc(N)c(C)n1. The molecule has 1 aromatic rings. The molecule has 0 amide bonds. The predicted molar refractivity (Wildman–Crippen MR) is 61.6 cm³/mol. The second-order valence-corrected chi connectivity index (χ2v) is 3.42. The summed E-state index contributed by atoms with van der Waals surface area (Å²) in [5.74, 6) is 1.03. The molecule has 1 aromatic heterocycles. The molecule has 3 heteroatoms. The molecule has 0 fully saturated rings. The summed E-state index contributed by atoms with van der Waals surface area (Å²) in [7, 11) is 0. The fourth-order valence-electron chi connectivity index (χ4n) is 1.44. The Morgan fingerprint density at radius 2 is 2.07 bits per heavy atom.